The number of imidazole rings is 1. The summed E-state index contributed by atoms with van der Waals surface area (Å²) in [5.74, 6) is 1.19. The van der Waals surface area contributed by atoms with Gasteiger partial charge in [0.1, 0.15) is 11.7 Å². The summed E-state index contributed by atoms with van der Waals surface area (Å²) in [4.78, 5) is 33.2. The Bertz CT molecular complexity index is 725. The monoisotopic (exact) mass is 346 g/mol. The summed E-state index contributed by atoms with van der Waals surface area (Å²) in [6.45, 7) is 3.95. The Hall–Kier alpha value is -2.02. The van der Waals surface area contributed by atoms with Crippen molar-refractivity contribution in [2.75, 3.05) is 18.7 Å². The lowest BCUT2D eigenvalue weighted by atomic mass is 10.2. The number of rotatable bonds is 4. The number of fused-ring (bicyclic) bond motifs is 1. The minimum absolute atomic E-state index is 0.0124. The SMILES string of the molecule is CC(C)N(C)C(=O)C1CSCN1C(=O)Cc1cn2ccccc2n1. The molecule has 6 nitrogen and oxygen atoms in total. The molecular formula is C17H22N4O2S. The molecule has 1 saturated heterocycles. The molecule has 24 heavy (non-hydrogen) atoms. The molecular weight excluding hydrogens is 324 g/mol. The van der Waals surface area contributed by atoms with Crippen LogP contribution in [0.1, 0.15) is 19.5 Å². The molecule has 1 aliphatic rings. The van der Waals surface area contributed by atoms with E-state index < -0.39 is 0 Å². The van der Waals surface area contributed by atoms with Crippen LogP contribution in [0.2, 0.25) is 0 Å². The number of carbonyl (C=O) groups is 2. The van der Waals surface area contributed by atoms with Gasteiger partial charge in [-0.2, -0.15) is 0 Å². The molecule has 1 fully saturated rings. The minimum Gasteiger partial charge on any atom is -0.342 e. The normalized spacial score (nSPS) is 17.7. The molecule has 128 valence electrons. The van der Waals surface area contributed by atoms with Crippen LogP contribution in [-0.4, -0.2) is 61.8 Å². The quantitative estimate of drug-likeness (QED) is 0.845. The molecule has 7 heteroatoms. The fourth-order valence-corrected chi connectivity index (χ4v) is 3.88. The third-order valence-corrected chi connectivity index (χ3v) is 5.37. The van der Waals surface area contributed by atoms with Gasteiger partial charge in [0, 0.05) is 31.2 Å². The molecule has 0 saturated carbocycles. The van der Waals surface area contributed by atoms with E-state index in [0.717, 1.165) is 11.3 Å². The maximum atomic E-state index is 12.7. The van der Waals surface area contributed by atoms with Gasteiger partial charge in [-0.1, -0.05) is 6.07 Å². The summed E-state index contributed by atoms with van der Waals surface area (Å²) in [6, 6.07) is 5.50. The molecule has 3 rings (SSSR count). The Labute approximate surface area is 145 Å². The van der Waals surface area contributed by atoms with Gasteiger partial charge in [-0.25, -0.2) is 4.98 Å². The van der Waals surface area contributed by atoms with Crippen LogP contribution in [0.25, 0.3) is 5.65 Å². The van der Waals surface area contributed by atoms with Crippen molar-refractivity contribution in [3.8, 4) is 0 Å². The third kappa shape index (κ3) is 3.26. The maximum Gasteiger partial charge on any atom is 0.246 e. The molecule has 1 atom stereocenters. The summed E-state index contributed by atoms with van der Waals surface area (Å²) in [5.41, 5.74) is 1.55. The van der Waals surface area contributed by atoms with E-state index in [1.54, 1.807) is 28.6 Å². The van der Waals surface area contributed by atoms with Crippen molar-refractivity contribution in [2.45, 2.75) is 32.4 Å². The molecule has 0 spiro atoms. The van der Waals surface area contributed by atoms with Gasteiger partial charge in [0.25, 0.3) is 0 Å². The van der Waals surface area contributed by atoms with E-state index in [-0.39, 0.29) is 30.3 Å². The predicted molar refractivity (Wildman–Crippen MR) is 94.8 cm³/mol. The van der Waals surface area contributed by atoms with Gasteiger partial charge < -0.3 is 14.2 Å². The van der Waals surface area contributed by atoms with E-state index in [2.05, 4.69) is 4.98 Å². The zero-order chi connectivity index (χ0) is 17.3. The molecule has 2 aromatic heterocycles. The highest BCUT2D eigenvalue weighted by molar-refractivity contribution is 7.99. The molecule has 0 aliphatic carbocycles. The van der Waals surface area contributed by atoms with Gasteiger partial charge in [-0.15, -0.1) is 11.8 Å². The van der Waals surface area contributed by atoms with Crippen LogP contribution < -0.4 is 0 Å². The molecule has 1 unspecified atom stereocenters. The highest BCUT2D eigenvalue weighted by atomic mass is 32.2. The summed E-state index contributed by atoms with van der Waals surface area (Å²) in [5, 5.41) is 0. The number of aromatic nitrogens is 2. The van der Waals surface area contributed by atoms with Crippen molar-refractivity contribution in [1.82, 2.24) is 19.2 Å². The Morgan fingerprint density at radius 1 is 1.42 bits per heavy atom. The van der Waals surface area contributed by atoms with Crippen LogP contribution in [0.3, 0.4) is 0 Å². The largest absolute Gasteiger partial charge is 0.342 e. The van der Waals surface area contributed by atoms with Crippen LogP contribution in [0, 0.1) is 0 Å². The van der Waals surface area contributed by atoms with E-state index in [0.29, 0.717) is 11.6 Å². The molecule has 0 bridgehead atoms. The third-order valence-electron chi connectivity index (χ3n) is 4.36. The van der Waals surface area contributed by atoms with E-state index in [4.69, 9.17) is 0 Å². The topological polar surface area (TPSA) is 57.9 Å². The van der Waals surface area contributed by atoms with E-state index in [1.165, 1.54) is 0 Å². The number of hydrogen-bond donors (Lipinski definition) is 0. The molecule has 0 aromatic carbocycles. The van der Waals surface area contributed by atoms with Crippen LogP contribution in [0.4, 0.5) is 0 Å². The number of hydrogen-bond acceptors (Lipinski definition) is 4. The molecule has 3 heterocycles. The van der Waals surface area contributed by atoms with Crippen LogP contribution in [0.15, 0.2) is 30.6 Å². The van der Waals surface area contributed by atoms with Gasteiger partial charge >= 0.3 is 0 Å². The summed E-state index contributed by atoms with van der Waals surface area (Å²) >= 11 is 1.62. The number of thioether (sulfide) groups is 1. The summed E-state index contributed by atoms with van der Waals surface area (Å²) < 4.78 is 1.90. The number of amides is 2. The predicted octanol–water partition coefficient (Wildman–Crippen LogP) is 1.65. The Kier molecular flexibility index (Phi) is 4.80. The van der Waals surface area contributed by atoms with E-state index in [9.17, 15) is 9.59 Å². The van der Waals surface area contributed by atoms with Crippen molar-refractivity contribution in [1.29, 1.82) is 0 Å². The molecule has 2 aromatic rings. The molecule has 2 amide bonds. The average molecular weight is 346 g/mol. The van der Waals surface area contributed by atoms with Crippen molar-refractivity contribution < 1.29 is 9.59 Å². The van der Waals surface area contributed by atoms with E-state index >= 15 is 0 Å². The average Bonchev–Trinajstić information content (AvgIpc) is 3.19. The lowest BCUT2D eigenvalue weighted by Gasteiger charge is -2.29. The highest BCUT2D eigenvalue weighted by Gasteiger charge is 2.36. The first-order chi connectivity index (χ1) is 11.5. The Morgan fingerprint density at radius 3 is 2.92 bits per heavy atom. The number of pyridine rings is 1. The van der Waals surface area contributed by atoms with Crippen molar-refractivity contribution >= 4 is 29.2 Å². The van der Waals surface area contributed by atoms with Crippen LogP contribution >= 0.6 is 11.8 Å². The highest BCUT2D eigenvalue weighted by Crippen LogP contribution is 2.23. The number of nitrogens with zero attached hydrogens (tertiary/aromatic N) is 4. The zero-order valence-corrected chi connectivity index (χ0v) is 15.0. The maximum absolute atomic E-state index is 12.7. The second-order valence-corrected chi connectivity index (χ2v) is 7.30. The fourth-order valence-electron chi connectivity index (χ4n) is 2.71. The van der Waals surface area contributed by atoms with Gasteiger partial charge in [0.15, 0.2) is 0 Å². The Morgan fingerprint density at radius 2 is 2.21 bits per heavy atom. The first kappa shape index (κ1) is 16.8. The first-order valence-corrected chi connectivity index (χ1v) is 9.19. The zero-order valence-electron chi connectivity index (χ0n) is 14.2. The van der Waals surface area contributed by atoms with Crippen molar-refractivity contribution in [3.05, 3.63) is 36.3 Å². The lowest BCUT2D eigenvalue weighted by molar-refractivity contribution is -0.143. The molecule has 0 N–H and O–H groups in total. The van der Waals surface area contributed by atoms with Crippen molar-refractivity contribution in [3.63, 3.8) is 0 Å². The van der Waals surface area contributed by atoms with Gasteiger partial charge in [-0.3, -0.25) is 9.59 Å². The van der Waals surface area contributed by atoms with Crippen molar-refractivity contribution in [2.24, 2.45) is 0 Å². The van der Waals surface area contributed by atoms with Crippen LogP contribution in [0.5, 0.6) is 0 Å². The second-order valence-electron chi connectivity index (χ2n) is 6.30. The molecule has 0 radical (unpaired) electrons. The lowest BCUT2D eigenvalue weighted by Crippen LogP contribution is -2.49. The van der Waals surface area contributed by atoms with E-state index in [1.807, 2.05) is 48.8 Å². The second kappa shape index (κ2) is 6.84. The van der Waals surface area contributed by atoms with Gasteiger partial charge in [0.2, 0.25) is 11.8 Å². The van der Waals surface area contributed by atoms with Gasteiger partial charge in [0.05, 0.1) is 18.0 Å². The number of likely N-dealkylation sites (N-methyl/N-ethyl adjacent to an activating group) is 1. The summed E-state index contributed by atoms with van der Waals surface area (Å²) in [6.07, 6.45) is 4.00. The van der Waals surface area contributed by atoms with Gasteiger partial charge in [-0.05, 0) is 26.0 Å². The first-order valence-electron chi connectivity index (χ1n) is 8.04. The standard InChI is InChI=1S/C17H22N4O2S/c1-12(2)19(3)17(23)14-10-24-11-21(14)16(22)8-13-9-20-7-5-4-6-15(20)18-13/h4-7,9,12,14H,8,10-11H2,1-3H3. The fraction of sp³-hybridized carbons (Fsp3) is 0.471. The molecule has 1 aliphatic heterocycles. The number of carbonyl (C=O) groups excluding carboxylic acids is 2. The summed E-state index contributed by atoms with van der Waals surface area (Å²) in [7, 11) is 1.79. The minimum atomic E-state index is -0.369. The van der Waals surface area contributed by atoms with Crippen LogP contribution in [-0.2, 0) is 16.0 Å². The smallest absolute Gasteiger partial charge is 0.246 e. The Balaban J connectivity index is 1.72.